The number of thioether (sulfide) groups is 1. The number of Topliss-reactive ketones (excluding diaryl/α,β-unsaturated/α-hetero) is 1. The van der Waals surface area contributed by atoms with Crippen molar-refractivity contribution in [1.82, 2.24) is 10.2 Å². The molecule has 160 valence electrons. The van der Waals surface area contributed by atoms with Crippen molar-refractivity contribution in [2.24, 2.45) is 0 Å². The highest BCUT2D eigenvalue weighted by Gasteiger charge is 2.21. The summed E-state index contributed by atoms with van der Waals surface area (Å²) in [7, 11) is 0. The fraction of sp³-hybridized carbons (Fsp3) is 0.190. The Bertz CT molecular complexity index is 1100. The van der Waals surface area contributed by atoms with Gasteiger partial charge in [-0.25, -0.2) is 0 Å². The zero-order valence-electron chi connectivity index (χ0n) is 16.7. The first-order chi connectivity index (χ1) is 14.9. The smallest absolute Gasteiger partial charge is 0.259 e. The highest BCUT2D eigenvalue weighted by atomic mass is 35.5. The van der Waals surface area contributed by atoms with Gasteiger partial charge in [0.2, 0.25) is 11.0 Å². The summed E-state index contributed by atoms with van der Waals surface area (Å²) in [6.07, 6.45) is 0.572. The number of amides is 2. The molecular weight excluding hydrogens is 456 g/mol. The molecule has 0 aliphatic heterocycles. The lowest BCUT2D eigenvalue weighted by molar-refractivity contribution is -0.115. The third-order valence-corrected chi connectivity index (χ3v) is 6.83. The molecule has 7 nitrogen and oxygen atoms in total. The first-order valence-corrected chi connectivity index (χ1v) is 11.4. The van der Waals surface area contributed by atoms with Gasteiger partial charge in [0.25, 0.3) is 5.91 Å². The number of hydrogen-bond donors (Lipinski definition) is 2. The highest BCUT2D eigenvalue weighted by Crippen LogP contribution is 2.31. The van der Waals surface area contributed by atoms with Crippen LogP contribution >= 0.6 is 34.7 Å². The second-order valence-electron chi connectivity index (χ2n) is 6.44. The Balaban J connectivity index is 1.61. The van der Waals surface area contributed by atoms with E-state index < -0.39 is 5.25 Å². The number of halogens is 1. The number of carbonyl (C=O) groups excluding carboxylic acids is 3. The van der Waals surface area contributed by atoms with Gasteiger partial charge in [0, 0.05) is 11.3 Å². The van der Waals surface area contributed by atoms with Crippen LogP contribution in [0.15, 0.2) is 52.9 Å². The Kier molecular flexibility index (Phi) is 7.78. The summed E-state index contributed by atoms with van der Waals surface area (Å²) >= 11 is 8.50. The van der Waals surface area contributed by atoms with Crippen LogP contribution in [0.25, 0.3) is 0 Å². The summed E-state index contributed by atoms with van der Waals surface area (Å²) in [5.41, 5.74) is 1.54. The van der Waals surface area contributed by atoms with E-state index in [0.717, 1.165) is 0 Å². The lowest BCUT2D eigenvalue weighted by atomic mass is 10.1. The van der Waals surface area contributed by atoms with E-state index in [9.17, 15) is 14.4 Å². The minimum absolute atomic E-state index is 0.0337. The number of ketones is 1. The minimum Gasteiger partial charge on any atom is -0.325 e. The van der Waals surface area contributed by atoms with E-state index in [1.807, 2.05) is 6.92 Å². The average molecular weight is 475 g/mol. The number of carbonyl (C=O) groups is 3. The minimum atomic E-state index is -0.396. The Morgan fingerprint density at radius 1 is 1.06 bits per heavy atom. The molecule has 1 heterocycles. The number of nitrogens with one attached hydrogen (secondary N) is 2. The van der Waals surface area contributed by atoms with Crippen molar-refractivity contribution in [2.75, 3.05) is 10.6 Å². The van der Waals surface area contributed by atoms with E-state index in [1.165, 1.54) is 30.0 Å². The van der Waals surface area contributed by atoms with Crippen molar-refractivity contribution in [3.63, 3.8) is 0 Å². The third-order valence-electron chi connectivity index (χ3n) is 4.21. The van der Waals surface area contributed by atoms with Crippen LogP contribution in [0.5, 0.6) is 0 Å². The highest BCUT2D eigenvalue weighted by molar-refractivity contribution is 8.02. The van der Waals surface area contributed by atoms with Gasteiger partial charge < -0.3 is 5.32 Å². The molecule has 1 atom stereocenters. The zero-order chi connectivity index (χ0) is 22.4. The van der Waals surface area contributed by atoms with Gasteiger partial charge in [-0.15, -0.1) is 10.2 Å². The summed E-state index contributed by atoms with van der Waals surface area (Å²) in [6, 6.07) is 13.4. The molecule has 0 saturated carbocycles. The van der Waals surface area contributed by atoms with Crippen molar-refractivity contribution < 1.29 is 14.4 Å². The molecule has 2 aromatic carbocycles. The van der Waals surface area contributed by atoms with Gasteiger partial charge in [-0.05, 0) is 49.7 Å². The van der Waals surface area contributed by atoms with Crippen LogP contribution in [0.2, 0.25) is 5.02 Å². The summed E-state index contributed by atoms with van der Waals surface area (Å²) in [4.78, 5) is 36.4. The molecule has 0 unspecified atom stereocenters. The Morgan fingerprint density at radius 2 is 1.77 bits per heavy atom. The maximum atomic E-state index is 12.6. The molecule has 31 heavy (non-hydrogen) atoms. The molecule has 0 fully saturated rings. The van der Waals surface area contributed by atoms with Gasteiger partial charge >= 0.3 is 0 Å². The van der Waals surface area contributed by atoms with Crippen LogP contribution in [-0.2, 0) is 4.79 Å². The predicted octanol–water partition coefficient (Wildman–Crippen LogP) is 5.16. The SMILES string of the molecule is CC[C@H](Sc1nnc(NC(=O)c2ccccc2Cl)s1)C(=O)Nc1ccc(C(C)=O)cc1. The largest absolute Gasteiger partial charge is 0.325 e. The maximum absolute atomic E-state index is 12.6. The van der Waals surface area contributed by atoms with Crippen LogP contribution in [0.4, 0.5) is 10.8 Å². The number of benzene rings is 2. The van der Waals surface area contributed by atoms with Crippen molar-refractivity contribution in [3.8, 4) is 0 Å². The fourth-order valence-corrected chi connectivity index (χ4v) is 4.71. The van der Waals surface area contributed by atoms with Gasteiger partial charge in [-0.2, -0.15) is 0 Å². The van der Waals surface area contributed by atoms with Gasteiger partial charge in [-0.1, -0.05) is 53.8 Å². The number of hydrogen-bond acceptors (Lipinski definition) is 7. The summed E-state index contributed by atoms with van der Waals surface area (Å²) < 4.78 is 0.559. The van der Waals surface area contributed by atoms with Gasteiger partial charge in [0.1, 0.15) is 0 Å². The van der Waals surface area contributed by atoms with Crippen molar-refractivity contribution >= 4 is 63.1 Å². The number of anilines is 2. The first kappa shape index (κ1) is 22.9. The van der Waals surface area contributed by atoms with Gasteiger partial charge in [0.15, 0.2) is 10.1 Å². The lowest BCUT2D eigenvalue weighted by Gasteiger charge is -2.13. The predicted molar refractivity (Wildman–Crippen MR) is 124 cm³/mol. The Morgan fingerprint density at radius 3 is 2.42 bits per heavy atom. The fourth-order valence-electron chi connectivity index (χ4n) is 2.57. The van der Waals surface area contributed by atoms with Crippen LogP contribution in [0.3, 0.4) is 0 Å². The second-order valence-corrected chi connectivity index (χ2v) is 9.28. The third kappa shape index (κ3) is 6.13. The van der Waals surface area contributed by atoms with Gasteiger partial charge in [-0.3, -0.25) is 19.7 Å². The van der Waals surface area contributed by atoms with E-state index in [4.69, 9.17) is 11.6 Å². The molecule has 3 aromatic rings. The van der Waals surface area contributed by atoms with Crippen molar-refractivity contribution in [3.05, 3.63) is 64.7 Å². The van der Waals surface area contributed by atoms with Crippen LogP contribution < -0.4 is 10.6 Å². The number of aromatic nitrogens is 2. The lowest BCUT2D eigenvalue weighted by Crippen LogP contribution is -2.24. The van der Waals surface area contributed by atoms with E-state index in [1.54, 1.807) is 48.5 Å². The van der Waals surface area contributed by atoms with Crippen LogP contribution in [-0.4, -0.2) is 33.0 Å². The molecular formula is C21H19ClN4O3S2. The second kappa shape index (κ2) is 10.5. The van der Waals surface area contributed by atoms with Crippen LogP contribution in [0.1, 0.15) is 41.0 Å². The van der Waals surface area contributed by atoms with Crippen LogP contribution in [0, 0.1) is 0 Å². The average Bonchev–Trinajstić information content (AvgIpc) is 3.19. The van der Waals surface area contributed by atoms with E-state index in [2.05, 4.69) is 20.8 Å². The van der Waals surface area contributed by atoms with E-state index in [-0.39, 0.29) is 17.6 Å². The molecule has 3 rings (SSSR count). The van der Waals surface area contributed by atoms with Gasteiger partial charge in [0.05, 0.1) is 15.8 Å². The Hall–Kier alpha value is -2.75. The normalized spacial score (nSPS) is 11.6. The summed E-state index contributed by atoms with van der Waals surface area (Å²) in [6.45, 7) is 3.39. The number of nitrogens with zero attached hydrogens (tertiary/aromatic N) is 2. The first-order valence-electron chi connectivity index (χ1n) is 9.35. The standard InChI is InChI=1S/C21H19ClN4O3S2/c1-3-17(19(29)23-14-10-8-13(9-11-14)12(2)27)30-21-26-25-20(31-21)24-18(28)15-6-4-5-7-16(15)22/h4-11,17H,3H2,1-2H3,(H,23,29)(H,24,25,28)/t17-/m0/s1. The molecule has 0 spiro atoms. The molecule has 10 heteroatoms. The van der Waals surface area contributed by atoms with Crippen molar-refractivity contribution in [1.29, 1.82) is 0 Å². The molecule has 2 amide bonds. The molecule has 1 aromatic heterocycles. The van der Waals surface area contributed by atoms with E-state index >= 15 is 0 Å². The molecule has 0 bridgehead atoms. The Labute approximate surface area is 192 Å². The quantitative estimate of drug-likeness (QED) is 0.266. The molecule has 0 radical (unpaired) electrons. The topological polar surface area (TPSA) is 101 Å². The molecule has 0 aliphatic carbocycles. The molecule has 0 saturated heterocycles. The molecule has 2 N–H and O–H groups in total. The monoisotopic (exact) mass is 474 g/mol. The summed E-state index contributed by atoms with van der Waals surface area (Å²) in [5.74, 6) is -0.592. The van der Waals surface area contributed by atoms with Crippen molar-refractivity contribution in [2.45, 2.75) is 29.9 Å². The molecule has 0 aliphatic rings. The maximum Gasteiger partial charge on any atom is 0.259 e. The number of rotatable bonds is 8. The zero-order valence-corrected chi connectivity index (χ0v) is 19.1. The summed E-state index contributed by atoms with van der Waals surface area (Å²) in [5, 5.41) is 13.8. The van der Waals surface area contributed by atoms with E-state index in [0.29, 0.717) is 37.7 Å².